The number of carboxylic acid groups (broad SMARTS) is 1. The zero-order chi connectivity index (χ0) is 20.4. The zero-order valence-electron chi connectivity index (χ0n) is 15.0. The van der Waals surface area contributed by atoms with Crippen molar-refractivity contribution in [1.82, 2.24) is 15.7 Å². The third-order valence-electron chi connectivity index (χ3n) is 3.46. The molecule has 0 radical (unpaired) electrons. The number of hydrogen-bond donors (Lipinski definition) is 5. The van der Waals surface area contributed by atoms with Gasteiger partial charge in [0.1, 0.15) is 18.9 Å². The number of carboxylic acids is 1. The van der Waals surface area contributed by atoms with Gasteiger partial charge in [-0.05, 0) is 18.9 Å². The average Bonchev–Trinajstić information content (AvgIpc) is 2.62. The third kappa shape index (κ3) is 8.67. The summed E-state index contributed by atoms with van der Waals surface area (Å²) < 4.78 is 17.0. The molecule has 1 unspecified atom stereocenters. The van der Waals surface area contributed by atoms with Gasteiger partial charge < -0.3 is 25.4 Å². The number of nitrogens with one attached hydrogen (secondary N) is 3. The first-order valence-corrected chi connectivity index (χ1v) is 10.1. The number of rotatable bonds is 10. The standard InChI is InChI=1S/C16H24N3O7P/c1-3-13(15(21)22)18-14(20)11(2)19-27(24,25)10-17-16(23)26-9-12-7-5-4-6-8-12/h4-8,11,13H,3,9-10H2,1-2H3,(H,17,23)(H,18,20)(H,21,22)(H2,19,24,25)/t11-,13-/m0/s1. The second-order valence-corrected chi connectivity index (χ2v) is 7.73. The summed E-state index contributed by atoms with van der Waals surface area (Å²) >= 11 is 0. The van der Waals surface area contributed by atoms with Gasteiger partial charge in [-0.3, -0.25) is 9.36 Å². The van der Waals surface area contributed by atoms with Gasteiger partial charge in [-0.25, -0.2) is 14.7 Å². The molecule has 0 aromatic heterocycles. The lowest BCUT2D eigenvalue weighted by Gasteiger charge is -2.20. The number of hydrogen-bond acceptors (Lipinski definition) is 5. The molecule has 5 N–H and O–H groups in total. The molecule has 1 aromatic carbocycles. The Labute approximate surface area is 156 Å². The number of aliphatic carboxylic acids is 1. The smallest absolute Gasteiger partial charge is 0.407 e. The van der Waals surface area contributed by atoms with Crippen LogP contribution >= 0.6 is 7.52 Å². The summed E-state index contributed by atoms with van der Waals surface area (Å²) in [4.78, 5) is 44.3. The van der Waals surface area contributed by atoms with E-state index in [-0.39, 0.29) is 13.0 Å². The van der Waals surface area contributed by atoms with Gasteiger partial charge in [-0.15, -0.1) is 0 Å². The van der Waals surface area contributed by atoms with Gasteiger partial charge in [0.25, 0.3) is 7.52 Å². The first-order chi connectivity index (χ1) is 12.6. The number of alkyl carbamates (subject to hydrolysis) is 1. The van der Waals surface area contributed by atoms with E-state index in [0.717, 1.165) is 5.56 Å². The first kappa shape index (κ1) is 22.6. The highest BCUT2D eigenvalue weighted by molar-refractivity contribution is 7.55. The topological polar surface area (TPSA) is 154 Å². The summed E-state index contributed by atoms with van der Waals surface area (Å²) in [5.41, 5.74) is 0.757. The Kier molecular flexibility index (Phi) is 8.93. The van der Waals surface area contributed by atoms with Gasteiger partial charge in [0.15, 0.2) is 0 Å². The monoisotopic (exact) mass is 401 g/mol. The lowest BCUT2D eigenvalue weighted by molar-refractivity contribution is -0.142. The molecular formula is C16H24N3O7P. The maximum atomic E-state index is 12.1. The minimum absolute atomic E-state index is 0.00222. The van der Waals surface area contributed by atoms with Gasteiger partial charge in [0.05, 0.1) is 6.04 Å². The molecule has 3 atom stereocenters. The Hall–Kier alpha value is -2.42. The molecule has 2 amide bonds. The normalized spacial score (nSPS) is 15.1. The van der Waals surface area contributed by atoms with Crippen molar-refractivity contribution in [2.75, 3.05) is 6.29 Å². The van der Waals surface area contributed by atoms with Crippen molar-refractivity contribution >= 4 is 25.5 Å². The van der Waals surface area contributed by atoms with E-state index in [1.54, 1.807) is 31.2 Å². The van der Waals surface area contributed by atoms with Crippen LogP contribution in [0, 0.1) is 0 Å². The minimum atomic E-state index is -4.10. The van der Waals surface area contributed by atoms with Gasteiger partial charge in [0, 0.05) is 0 Å². The Morgan fingerprint density at radius 3 is 2.41 bits per heavy atom. The molecule has 0 aliphatic heterocycles. The second-order valence-electron chi connectivity index (χ2n) is 5.76. The molecule has 0 fully saturated rings. The molecule has 0 bridgehead atoms. The minimum Gasteiger partial charge on any atom is -0.480 e. The number of carbonyl (C=O) groups excluding carboxylic acids is 2. The Bertz CT molecular complexity index is 699. The zero-order valence-corrected chi connectivity index (χ0v) is 15.9. The fraction of sp³-hybridized carbons (Fsp3) is 0.438. The van der Waals surface area contributed by atoms with E-state index in [1.807, 2.05) is 6.07 Å². The third-order valence-corrected chi connectivity index (χ3v) is 4.84. The fourth-order valence-electron chi connectivity index (χ4n) is 1.99. The molecule has 11 heteroatoms. The quantitative estimate of drug-likeness (QED) is 0.364. The molecule has 0 heterocycles. The van der Waals surface area contributed by atoms with Crippen LogP contribution in [0.15, 0.2) is 30.3 Å². The molecule has 1 aromatic rings. The van der Waals surface area contributed by atoms with Crippen molar-refractivity contribution in [3.05, 3.63) is 35.9 Å². The summed E-state index contributed by atoms with van der Waals surface area (Å²) in [7, 11) is -4.10. The second kappa shape index (κ2) is 10.7. The van der Waals surface area contributed by atoms with Crippen LogP contribution in [0.5, 0.6) is 0 Å². The summed E-state index contributed by atoms with van der Waals surface area (Å²) in [6.07, 6.45) is -1.38. The molecule has 1 rings (SSSR count). The summed E-state index contributed by atoms with van der Waals surface area (Å²) in [5.74, 6) is -1.95. The van der Waals surface area contributed by atoms with Crippen LogP contribution in [0.1, 0.15) is 25.8 Å². The van der Waals surface area contributed by atoms with E-state index in [4.69, 9.17) is 9.84 Å². The number of benzene rings is 1. The van der Waals surface area contributed by atoms with Gasteiger partial charge in [-0.2, -0.15) is 0 Å². The Morgan fingerprint density at radius 1 is 1.22 bits per heavy atom. The lowest BCUT2D eigenvalue weighted by Crippen LogP contribution is -2.48. The van der Waals surface area contributed by atoms with Crippen LogP contribution < -0.4 is 15.7 Å². The van der Waals surface area contributed by atoms with Gasteiger partial charge in [0.2, 0.25) is 5.91 Å². The maximum Gasteiger partial charge on any atom is 0.407 e. The lowest BCUT2D eigenvalue weighted by atomic mass is 10.2. The number of amides is 2. The van der Waals surface area contributed by atoms with Crippen LogP contribution in [0.4, 0.5) is 4.79 Å². The van der Waals surface area contributed by atoms with E-state index < -0.39 is 43.9 Å². The predicted octanol–water partition coefficient (Wildman–Crippen LogP) is 1.01. The molecule has 0 aliphatic carbocycles. The molecule has 0 saturated carbocycles. The van der Waals surface area contributed by atoms with Crippen LogP contribution in [0.25, 0.3) is 0 Å². The van der Waals surface area contributed by atoms with E-state index in [0.29, 0.717) is 0 Å². The van der Waals surface area contributed by atoms with E-state index >= 15 is 0 Å². The Balaban J connectivity index is 2.43. The van der Waals surface area contributed by atoms with Gasteiger partial charge >= 0.3 is 12.1 Å². The number of ether oxygens (including phenoxy) is 1. The highest BCUT2D eigenvalue weighted by Gasteiger charge is 2.27. The van der Waals surface area contributed by atoms with Crippen LogP contribution in [-0.4, -0.2) is 46.3 Å². The molecular weight excluding hydrogens is 377 g/mol. The highest BCUT2D eigenvalue weighted by atomic mass is 31.2. The van der Waals surface area contributed by atoms with Crippen LogP contribution in [-0.2, 0) is 25.5 Å². The van der Waals surface area contributed by atoms with E-state index in [9.17, 15) is 23.8 Å². The molecule has 10 nitrogen and oxygen atoms in total. The van der Waals surface area contributed by atoms with Crippen molar-refractivity contribution in [3.8, 4) is 0 Å². The molecule has 0 spiro atoms. The van der Waals surface area contributed by atoms with Crippen molar-refractivity contribution in [2.24, 2.45) is 0 Å². The first-order valence-electron chi connectivity index (χ1n) is 8.22. The summed E-state index contributed by atoms with van der Waals surface area (Å²) in [6.45, 7) is 2.89. The van der Waals surface area contributed by atoms with Gasteiger partial charge in [-0.1, -0.05) is 37.3 Å². The molecule has 27 heavy (non-hydrogen) atoms. The summed E-state index contributed by atoms with van der Waals surface area (Å²) in [5, 5.41) is 15.5. The van der Waals surface area contributed by atoms with Crippen LogP contribution in [0.3, 0.4) is 0 Å². The summed E-state index contributed by atoms with van der Waals surface area (Å²) in [6, 6.07) is 6.65. The largest absolute Gasteiger partial charge is 0.480 e. The van der Waals surface area contributed by atoms with Crippen molar-refractivity contribution in [2.45, 2.75) is 39.0 Å². The predicted molar refractivity (Wildman–Crippen MR) is 96.9 cm³/mol. The van der Waals surface area contributed by atoms with Crippen LogP contribution in [0.2, 0.25) is 0 Å². The Morgan fingerprint density at radius 2 is 1.85 bits per heavy atom. The maximum absolute atomic E-state index is 12.1. The van der Waals surface area contributed by atoms with Crippen molar-refractivity contribution in [1.29, 1.82) is 0 Å². The SMILES string of the molecule is CC[C@H](NC(=O)[C@H](C)NP(=O)(O)CNC(=O)OCc1ccccc1)C(=O)O. The van der Waals surface area contributed by atoms with Crippen molar-refractivity contribution in [3.63, 3.8) is 0 Å². The fourth-order valence-corrected chi connectivity index (χ4v) is 3.14. The van der Waals surface area contributed by atoms with Crippen molar-refractivity contribution < 1.29 is 33.7 Å². The highest BCUT2D eigenvalue weighted by Crippen LogP contribution is 2.34. The van der Waals surface area contributed by atoms with E-state index in [1.165, 1.54) is 6.92 Å². The molecule has 0 aliphatic rings. The number of carbonyl (C=O) groups is 3. The average molecular weight is 401 g/mol. The molecule has 150 valence electrons. The van der Waals surface area contributed by atoms with E-state index in [2.05, 4.69) is 15.7 Å². The molecule has 0 saturated heterocycles.